The fourth-order valence-electron chi connectivity index (χ4n) is 1.65. The van der Waals surface area contributed by atoms with Gasteiger partial charge in [-0.2, -0.15) is 0 Å². The number of pyridine rings is 1. The van der Waals surface area contributed by atoms with Crippen LogP contribution in [0.2, 0.25) is 0 Å². The quantitative estimate of drug-likeness (QED) is 0.936. The topological polar surface area (TPSA) is 38.1 Å². The highest BCUT2D eigenvalue weighted by Crippen LogP contribution is 2.26. The zero-order valence-electron chi connectivity index (χ0n) is 8.98. The lowest BCUT2D eigenvalue weighted by Gasteiger charge is -2.14. The second kappa shape index (κ2) is 5.27. The zero-order valence-corrected chi connectivity index (χ0v) is 10.6. The van der Waals surface area contributed by atoms with Gasteiger partial charge in [0, 0.05) is 29.9 Å². The highest BCUT2D eigenvalue weighted by Gasteiger charge is 2.15. The lowest BCUT2D eigenvalue weighted by atomic mass is 10.1. The van der Waals surface area contributed by atoms with Gasteiger partial charge < -0.3 is 9.73 Å². The van der Waals surface area contributed by atoms with Crippen LogP contribution in [0, 0.1) is 0 Å². The van der Waals surface area contributed by atoms with Crippen LogP contribution in [0.15, 0.2) is 45.8 Å². The summed E-state index contributed by atoms with van der Waals surface area (Å²) in [6, 6.07) is 8.13. The van der Waals surface area contributed by atoms with Crippen molar-refractivity contribution in [3.05, 3.63) is 52.7 Å². The molecule has 0 saturated carbocycles. The standard InChI is InChI=1S/C12H13BrN2O/c1-14-11(10-5-7-16-12(10)13)8-9-4-2-3-6-15-9/h2-7,11,14H,8H2,1H3. The molecule has 0 radical (unpaired) electrons. The average Bonchev–Trinajstić information content (AvgIpc) is 2.74. The Hall–Kier alpha value is -1.13. The summed E-state index contributed by atoms with van der Waals surface area (Å²) in [4.78, 5) is 4.32. The van der Waals surface area contributed by atoms with Crippen molar-refractivity contribution in [2.75, 3.05) is 7.05 Å². The SMILES string of the molecule is CNC(Cc1ccccn1)c1ccoc1Br. The Morgan fingerprint density at radius 2 is 2.31 bits per heavy atom. The molecule has 0 spiro atoms. The molecule has 0 aromatic carbocycles. The highest BCUT2D eigenvalue weighted by molar-refractivity contribution is 9.10. The predicted molar refractivity (Wildman–Crippen MR) is 66.1 cm³/mol. The summed E-state index contributed by atoms with van der Waals surface area (Å²) in [5.41, 5.74) is 2.18. The molecule has 0 aliphatic carbocycles. The number of nitrogens with one attached hydrogen (secondary N) is 1. The molecule has 0 amide bonds. The summed E-state index contributed by atoms with van der Waals surface area (Å²) in [7, 11) is 1.94. The Morgan fingerprint density at radius 3 is 2.88 bits per heavy atom. The third-order valence-electron chi connectivity index (χ3n) is 2.51. The molecule has 0 bridgehead atoms. The van der Waals surface area contributed by atoms with E-state index in [1.807, 2.05) is 37.5 Å². The first-order valence-corrected chi connectivity index (χ1v) is 5.90. The molecule has 2 rings (SSSR count). The first kappa shape index (κ1) is 11.4. The summed E-state index contributed by atoms with van der Waals surface area (Å²) in [6.45, 7) is 0. The van der Waals surface area contributed by atoms with Crippen molar-refractivity contribution in [2.24, 2.45) is 0 Å². The fraction of sp³-hybridized carbons (Fsp3) is 0.250. The van der Waals surface area contributed by atoms with Gasteiger partial charge in [-0.05, 0) is 41.2 Å². The maximum absolute atomic E-state index is 5.24. The second-order valence-electron chi connectivity index (χ2n) is 3.52. The van der Waals surface area contributed by atoms with E-state index in [9.17, 15) is 0 Å². The van der Waals surface area contributed by atoms with Crippen LogP contribution in [0.25, 0.3) is 0 Å². The maximum atomic E-state index is 5.24. The maximum Gasteiger partial charge on any atom is 0.173 e. The minimum atomic E-state index is 0.211. The molecule has 4 heteroatoms. The van der Waals surface area contributed by atoms with Crippen LogP contribution < -0.4 is 5.32 Å². The van der Waals surface area contributed by atoms with E-state index in [1.54, 1.807) is 6.26 Å². The molecule has 2 aromatic heterocycles. The van der Waals surface area contributed by atoms with Crippen LogP contribution >= 0.6 is 15.9 Å². The molecular weight excluding hydrogens is 268 g/mol. The van der Waals surface area contributed by atoms with Gasteiger partial charge >= 0.3 is 0 Å². The smallest absolute Gasteiger partial charge is 0.173 e. The first-order chi connectivity index (χ1) is 7.81. The Balaban J connectivity index is 2.16. The van der Waals surface area contributed by atoms with Crippen molar-refractivity contribution in [3.8, 4) is 0 Å². The molecule has 0 saturated heterocycles. The fourth-order valence-corrected chi connectivity index (χ4v) is 2.17. The van der Waals surface area contributed by atoms with Gasteiger partial charge in [-0.1, -0.05) is 6.07 Å². The van der Waals surface area contributed by atoms with E-state index in [0.29, 0.717) is 0 Å². The summed E-state index contributed by atoms with van der Waals surface area (Å²) in [5.74, 6) is 0. The van der Waals surface area contributed by atoms with Crippen molar-refractivity contribution in [2.45, 2.75) is 12.5 Å². The van der Waals surface area contributed by atoms with Crippen LogP contribution in [-0.2, 0) is 6.42 Å². The molecule has 2 heterocycles. The average molecular weight is 281 g/mol. The minimum absolute atomic E-state index is 0.211. The minimum Gasteiger partial charge on any atom is -0.457 e. The summed E-state index contributed by atoms with van der Waals surface area (Å²) in [5, 5.41) is 3.26. The molecule has 0 aliphatic rings. The van der Waals surface area contributed by atoms with Crippen LogP contribution in [0.5, 0.6) is 0 Å². The molecule has 84 valence electrons. The summed E-state index contributed by atoms with van der Waals surface area (Å²) >= 11 is 3.39. The van der Waals surface area contributed by atoms with Gasteiger partial charge in [0.15, 0.2) is 4.67 Å². The van der Waals surface area contributed by atoms with Crippen molar-refractivity contribution in [1.29, 1.82) is 0 Å². The van der Waals surface area contributed by atoms with Crippen molar-refractivity contribution in [1.82, 2.24) is 10.3 Å². The van der Waals surface area contributed by atoms with Gasteiger partial charge in [-0.25, -0.2) is 0 Å². The van der Waals surface area contributed by atoms with Crippen LogP contribution in [0.4, 0.5) is 0 Å². The van der Waals surface area contributed by atoms with Crippen molar-refractivity contribution < 1.29 is 4.42 Å². The molecule has 1 atom stereocenters. The van der Waals surface area contributed by atoms with E-state index in [0.717, 1.165) is 22.3 Å². The van der Waals surface area contributed by atoms with E-state index in [2.05, 4.69) is 26.2 Å². The van der Waals surface area contributed by atoms with Crippen molar-refractivity contribution in [3.63, 3.8) is 0 Å². The van der Waals surface area contributed by atoms with E-state index < -0.39 is 0 Å². The normalized spacial score (nSPS) is 12.6. The molecule has 16 heavy (non-hydrogen) atoms. The largest absolute Gasteiger partial charge is 0.457 e. The Labute approximate surface area is 103 Å². The molecule has 1 N–H and O–H groups in total. The molecule has 0 fully saturated rings. The van der Waals surface area contributed by atoms with E-state index >= 15 is 0 Å². The van der Waals surface area contributed by atoms with Crippen LogP contribution in [0.3, 0.4) is 0 Å². The van der Waals surface area contributed by atoms with E-state index in [4.69, 9.17) is 4.42 Å². The molecule has 3 nitrogen and oxygen atoms in total. The molecule has 0 aliphatic heterocycles. The molecule has 2 aromatic rings. The molecule has 1 unspecified atom stereocenters. The van der Waals surface area contributed by atoms with Gasteiger partial charge in [-0.3, -0.25) is 4.98 Å². The number of furan rings is 1. The summed E-state index contributed by atoms with van der Waals surface area (Å²) < 4.78 is 6.02. The number of halogens is 1. The Morgan fingerprint density at radius 1 is 1.44 bits per heavy atom. The van der Waals surface area contributed by atoms with Gasteiger partial charge in [0.25, 0.3) is 0 Å². The Kier molecular flexibility index (Phi) is 3.74. The molecular formula is C12H13BrN2O. The highest BCUT2D eigenvalue weighted by atomic mass is 79.9. The number of hydrogen-bond donors (Lipinski definition) is 1. The third kappa shape index (κ3) is 2.51. The third-order valence-corrected chi connectivity index (χ3v) is 3.15. The van der Waals surface area contributed by atoms with Crippen LogP contribution in [0.1, 0.15) is 17.3 Å². The van der Waals surface area contributed by atoms with Gasteiger partial charge in [0.1, 0.15) is 0 Å². The summed E-state index contributed by atoms with van der Waals surface area (Å²) in [6.07, 6.45) is 4.34. The number of aromatic nitrogens is 1. The van der Waals surface area contributed by atoms with Gasteiger partial charge in [0.05, 0.1) is 6.26 Å². The lowest BCUT2D eigenvalue weighted by Crippen LogP contribution is -2.19. The van der Waals surface area contributed by atoms with E-state index in [1.165, 1.54) is 0 Å². The van der Waals surface area contributed by atoms with Gasteiger partial charge in [0.2, 0.25) is 0 Å². The Bertz CT molecular complexity index is 441. The second-order valence-corrected chi connectivity index (χ2v) is 4.24. The van der Waals surface area contributed by atoms with Crippen LogP contribution in [-0.4, -0.2) is 12.0 Å². The lowest BCUT2D eigenvalue weighted by molar-refractivity contribution is 0.516. The van der Waals surface area contributed by atoms with Gasteiger partial charge in [-0.15, -0.1) is 0 Å². The number of likely N-dealkylation sites (N-methyl/N-ethyl adjacent to an activating group) is 1. The number of nitrogens with zero attached hydrogens (tertiary/aromatic N) is 1. The predicted octanol–water partition coefficient (Wildman–Crippen LogP) is 2.94. The number of rotatable bonds is 4. The monoisotopic (exact) mass is 280 g/mol. The number of hydrogen-bond acceptors (Lipinski definition) is 3. The first-order valence-electron chi connectivity index (χ1n) is 5.11. The van der Waals surface area contributed by atoms with E-state index in [-0.39, 0.29) is 6.04 Å². The zero-order chi connectivity index (χ0) is 11.4. The van der Waals surface area contributed by atoms with Crippen molar-refractivity contribution >= 4 is 15.9 Å².